The Morgan fingerprint density at radius 2 is 1.33 bits per heavy atom. The number of carbonyl (C=O) groups excluding carboxylic acids is 1. The zero-order valence-electron chi connectivity index (χ0n) is 15.0. The molecule has 0 radical (unpaired) electrons. The molecule has 2 N–H and O–H groups in total. The van der Waals surface area contributed by atoms with E-state index in [1.165, 1.54) is 0 Å². The van der Waals surface area contributed by atoms with E-state index in [0.717, 1.165) is 22.8 Å². The second-order valence-electron chi connectivity index (χ2n) is 7.10. The summed E-state index contributed by atoms with van der Waals surface area (Å²) in [4.78, 5) is 12.0. The van der Waals surface area contributed by atoms with Gasteiger partial charge in [0.1, 0.15) is 5.75 Å². The fraction of sp³-hybridized carbons (Fsp3) is 0.350. The van der Waals surface area contributed by atoms with Gasteiger partial charge in [-0.25, -0.2) is 0 Å². The lowest BCUT2D eigenvalue weighted by atomic mass is 9.95. The van der Waals surface area contributed by atoms with Gasteiger partial charge >= 0.3 is 0 Å². The predicted molar refractivity (Wildman–Crippen MR) is 100 cm³/mol. The zero-order chi connectivity index (χ0) is 17.7. The van der Waals surface area contributed by atoms with Crippen molar-refractivity contribution in [3.05, 3.63) is 48.5 Å². The molecule has 4 nitrogen and oxygen atoms in total. The molecule has 0 bridgehead atoms. The third-order valence-electron chi connectivity index (χ3n) is 3.34. The molecule has 0 unspecified atom stereocenters. The van der Waals surface area contributed by atoms with Gasteiger partial charge in [0.25, 0.3) is 0 Å². The van der Waals surface area contributed by atoms with Crippen molar-refractivity contribution >= 4 is 23.0 Å². The van der Waals surface area contributed by atoms with Crippen LogP contribution in [0.1, 0.15) is 34.6 Å². The van der Waals surface area contributed by atoms with E-state index < -0.39 is 5.41 Å². The van der Waals surface area contributed by atoms with Crippen molar-refractivity contribution in [2.45, 2.75) is 40.7 Å². The number of benzene rings is 2. The molecular weight excluding hydrogens is 300 g/mol. The number of hydrogen-bond acceptors (Lipinski definition) is 3. The van der Waals surface area contributed by atoms with Crippen molar-refractivity contribution in [2.75, 3.05) is 10.6 Å². The van der Waals surface area contributed by atoms with Crippen LogP contribution >= 0.6 is 0 Å². The zero-order valence-corrected chi connectivity index (χ0v) is 15.0. The Bertz CT molecular complexity index is 668. The van der Waals surface area contributed by atoms with Crippen LogP contribution in [0.5, 0.6) is 5.75 Å². The first-order chi connectivity index (χ1) is 11.2. The maximum atomic E-state index is 12.0. The molecule has 0 aliphatic heterocycles. The van der Waals surface area contributed by atoms with Crippen molar-refractivity contribution in [1.29, 1.82) is 0 Å². The van der Waals surface area contributed by atoms with Crippen molar-refractivity contribution in [3.63, 3.8) is 0 Å². The highest BCUT2D eigenvalue weighted by molar-refractivity contribution is 5.94. The minimum absolute atomic E-state index is 0.00366. The molecule has 4 heteroatoms. The minimum atomic E-state index is -0.406. The first kappa shape index (κ1) is 17.9. The van der Waals surface area contributed by atoms with Crippen LogP contribution < -0.4 is 15.4 Å². The number of ether oxygens (including phenoxy) is 1. The molecule has 0 atom stereocenters. The van der Waals surface area contributed by atoms with Crippen LogP contribution in [0.2, 0.25) is 0 Å². The van der Waals surface area contributed by atoms with Gasteiger partial charge in [-0.15, -0.1) is 0 Å². The Morgan fingerprint density at radius 3 is 1.79 bits per heavy atom. The standard InChI is InChI=1S/C20H26N2O2/c1-14(2)24-18-12-10-16(11-13-18)21-15-6-8-17(9-7-15)22-19(23)20(3,4)5/h6-14,21H,1-5H3,(H,22,23). The van der Waals surface area contributed by atoms with E-state index in [0.29, 0.717) is 0 Å². The predicted octanol–water partition coefficient (Wildman–Crippen LogP) is 5.20. The van der Waals surface area contributed by atoms with E-state index in [1.807, 2.05) is 83.1 Å². The lowest BCUT2D eigenvalue weighted by molar-refractivity contribution is -0.123. The van der Waals surface area contributed by atoms with E-state index >= 15 is 0 Å². The van der Waals surface area contributed by atoms with Crippen LogP contribution in [0.3, 0.4) is 0 Å². The maximum absolute atomic E-state index is 12.0. The molecule has 0 aliphatic rings. The van der Waals surface area contributed by atoms with Crippen molar-refractivity contribution in [2.24, 2.45) is 5.41 Å². The number of anilines is 3. The van der Waals surface area contributed by atoms with Crippen LogP contribution in [0.25, 0.3) is 0 Å². The van der Waals surface area contributed by atoms with Gasteiger partial charge in [-0.05, 0) is 62.4 Å². The minimum Gasteiger partial charge on any atom is -0.491 e. The smallest absolute Gasteiger partial charge is 0.229 e. The van der Waals surface area contributed by atoms with E-state index in [4.69, 9.17) is 4.74 Å². The summed E-state index contributed by atoms with van der Waals surface area (Å²) in [5.41, 5.74) is 2.33. The molecule has 1 amide bonds. The molecular formula is C20H26N2O2. The summed E-state index contributed by atoms with van der Waals surface area (Å²) in [7, 11) is 0. The highest BCUT2D eigenvalue weighted by Gasteiger charge is 2.20. The monoisotopic (exact) mass is 326 g/mol. The van der Waals surface area contributed by atoms with Crippen LogP contribution in [-0.2, 0) is 4.79 Å². The summed E-state index contributed by atoms with van der Waals surface area (Å²) in [5.74, 6) is 0.861. The summed E-state index contributed by atoms with van der Waals surface area (Å²) in [5, 5.41) is 6.24. The second-order valence-corrected chi connectivity index (χ2v) is 7.10. The van der Waals surface area contributed by atoms with E-state index in [2.05, 4.69) is 10.6 Å². The number of nitrogens with one attached hydrogen (secondary N) is 2. The molecule has 0 saturated heterocycles. The van der Waals surface area contributed by atoms with Gasteiger partial charge in [0.05, 0.1) is 6.10 Å². The third kappa shape index (κ3) is 5.30. The van der Waals surface area contributed by atoms with Gasteiger partial charge in [0.2, 0.25) is 5.91 Å². The number of carbonyl (C=O) groups is 1. The molecule has 0 saturated carbocycles. The molecule has 0 spiro atoms. The van der Waals surface area contributed by atoms with Crippen molar-refractivity contribution < 1.29 is 9.53 Å². The quantitative estimate of drug-likeness (QED) is 0.794. The van der Waals surface area contributed by atoms with Crippen LogP contribution in [0, 0.1) is 5.41 Å². The summed E-state index contributed by atoms with van der Waals surface area (Å²) in [6.07, 6.45) is 0.166. The topological polar surface area (TPSA) is 50.4 Å². The Morgan fingerprint density at radius 1 is 0.875 bits per heavy atom. The molecule has 0 aliphatic carbocycles. The van der Waals surface area contributed by atoms with Crippen molar-refractivity contribution in [3.8, 4) is 5.75 Å². The lowest BCUT2D eigenvalue weighted by Crippen LogP contribution is -2.27. The summed E-state index contributed by atoms with van der Waals surface area (Å²) in [6.45, 7) is 9.69. The lowest BCUT2D eigenvalue weighted by Gasteiger charge is -2.18. The van der Waals surface area contributed by atoms with Gasteiger partial charge in [0.15, 0.2) is 0 Å². The molecule has 0 heterocycles. The first-order valence-electron chi connectivity index (χ1n) is 8.19. The first-order valence-corrected chi connectivity index (χ1v) is 8.19. The van der Waals surface area contributed by atoms with Gasteiger partial charge in [-0.2, -0.15) is 0 Å². The Balaban J connectivity index is 1.97. The van der Waals surface area contributed by atoms with E-state index in [1.54, 1.807) is 0 Å². The second kappa shape index (κ2) is 7.39. The largest absolute Gasteiger partial charge is 0.491 e. The molecule has 2 aromatic rings. The molecule has 24 heavy (non-hydrogen) atoms. The fourth-order valence-electron chi connectivity index (χ4n) is 2.01. The van der Waals surface area contributed by atoms with Gasteiger partial charge < -0.3 is 15.4 Å². The SMILES string of the molecule is CC(C)Oc1ccc(Nc2ccc(NC(=O)C(C)(C)C)cc2)cc1. The van der Waals surface area contributed by atoms with E-state index in [-0.39, 0.29) is 12.0 Å². The molecule has 2 rings (SSSR count). The fourth-order valence-corrected chi connectivity index (χ4v) is 2.01. The Hall–Kier alpha value is -2.49. The average Bonchev–Trinajstić information content (AvgIpc) is 2.50. The van der Waals surface area contributed by atoms with Gasteiger partial charge in [0, 0.05) is 22.5 Å². The Labute approximate surface area is 144 Å². The van der Waals surface area contributed by atoms with Gasteiger partial charge in [-0.1, -0.05) is 20.8 Å². The van der Waals surface area contributed by atoms with Gasteiger partial charge in [-0.3, -0.25) is 4.79 Å². The number of rotatable bonds is 5. The highest BCUT2D eigenvalue weighted by atomic mass is 16.5. The maximum Gasteiger partial charge on any atom is 0.229 e. The summed E-state index contributed by atoms with van der Waals surface area (Å²) >= 11 is 0. The average molecular weight is 326 g/mol. The van der Waals surface area contributed by atoms with Crippen LogP contribution in [-0.4, -0.2) is 12.0 Å². The van der Waals surface area contributed by atoms with E-state index in [9.17, 15) is 4.79 Å². The summed E-state index contributed by atoms with van der Waals surface area (Å²) in [6, 6.07) is 15.5. The Kier molecular flexibility index (Phi) is 5.50. The highest BCUT2D eigenvalue weighted by Crippen LogP contribution is 2.23. The number of hydrogen-bond donors (Lipinski definition) is 2. The van der Waals surface area contributed by atoms with Crippen molar-refractivity contribution in [1.82, 2.24) is 0 Å². The van der Waals surface area contributed by atoms with Crippen LogP contribution in [0.15, 0.2) is 48.5 Å². The third-order valence-corrected chi connectivity index (χ3v) is 3.34. The molecule has 2 aromatic carbocycles. The normalized spacial score (nSPS) is 11.2. The summed E-state index contributed by atoms with van der Waals surface area (Å²) < 4.78 is 5.63. The number of amides is 1. The molecule has 128 valence electrons. The molecule has 0 aromatic heterocycles. The van der Waals surface area contributed by atoms with Crippen LogP contribution in [0.4, 0.5) is 17.1 Å². The molecule has 0 fully saturated rings.